The molecule has 1 aromatic rings. The van der Waals surface area contributed by atoms with Gasteiger partial charge in [-0.25, -0.2) is 0 Å². The summed E-state index contributed by atoms with van der Waals surface area (Å²) in [5, 5.41) is 7.26. The van der Waals surface area contributed by atoms with E-state index in [-0.39, 0.29) is 18.1 Å². The van der Waals surface area contributed by atoms with E-state index in [2.05, 4.69) is 15.5 Å². The van der Waals surface area contributed by atoms with Crippen LogP contribution in [0.25, 0.3) is 0 Å². The fourth-order valence-corrected chi connectivity index (χ4v) is 3.18. The molecule has 0 saturated carbocycles. The summed E-state index contributed by atoms with van der Waals surface area (Å²) in [7, 11) is 1.76. The van der Waals surface area contributed by atoms with Crippen LogP contribution >= 0.6 is 11.8 Å². The van der Waals surface area contributed by atoms with Gasteiger partial charge in [-0.15, -0.1) is 0 Å². The minimum atomic E-state index is -0.202. The van der Waals surface area contributed by atoms with Gasteiger partial charge in [0.1, 0.15) is 6.10 Å². The van der Waals surface area contributed by atoms with E-state index < -0.39 is 0 Å². The van der Waals surface area contributed by atoms with Crippen LogP contribution < -0.4 is 5.32 Å². The first-order valence-electron chi connectivity index (χ1n) is 7.59. The molecule has 22 heavy (non-hydrogen) atoms. The first kappa shape index (κ1) is 17.2. The second kappa shape index (κ2) is 8.50. The zero-order chi connectivity index (χ0) is 15.9. The molecule has 7 nitrogen and oxygen atoms in total. The zero-order valence-corrected chi connectivity index (χ0v) is 14.2. The Kier molecular flexibility index (Phi) is 6.66. The quantitative estimate of drug-likeness (QED) is 0.806. The lowest BCUT2D eigenvalue weighted by Crippen LogP contribution is -2.41. The lowest BCUT2D eigenvalue weighted by molar-refractivity contribution is -0.131. The summed E-state index contributed by atoms with van der Waals surface area (Å²) in [6.07, 6.45) is 0.298. The van der Waals surface area contributed by atoms with Crippen molar-refractivity contribution in [3.05, 3.63) is 11.7 Å². The van der Waals surface area contributed by atoms with E-state index in [1.807, 2.05) is 25.6 Å². The Morgan fingerprint density at radius 2 is 2.45 bits per heavy atom. The SMILES string of the molecule is CCOC(C)c1noc(CN(C)C(=O)CC2CSCCN2)n1. The van der Waals surface area contributed by atoms with Crippen molar-refractivity contribution in [3.63, 3.8) is 0 Å². The number of thioether (sulfide) groups is 1. The second-order valence-corrected chi connectivity index (χ2v) is 6.47. The molecule has 8 heteroatoms. The maximum Gasteiger partial charge on any atom is 0.246 e. The highest BCUT2D eigenvalue weighted by Gasteiger charge is 2.21. The molecule has 1 aliphatic heterocycles. The molecular formula is C14H24N4O3S. The normalized spacial score (nSPS) is 19.9. The summed E-state index contributed by atoms with van der Waals surface area (Å²) in [6, 6.07) is 0.255. The van der Waals surface area contributed by atoms with Gasteiger partial charge in [0.15, 0.2) is 5.82 Å². The van der Waals surface area contributed by atoms with Crippen LogP contribution in [0.1, 0.15) is 38.1 Å². The number of nitrogens with zero attached hydrogens (tertiary/aromatic N) is 3. The first-order valence-corrected chi connectivity index (χ1v) is 8.74. The molecule has 1 aliphatic rings. The van der Waals surface area contributed by atoms with Crippen molar-refractivity contribution < 1.29 is 14.1 Å². The molecule has 1 fully saturated rings. The standard InChI is InChI=1S/C14H24N4O3S/c1-4-20-10(2)14-16-12(21-17-14)8-18(3)13(19)7-11-9-22-6-5-15-11/h10-11,15H,4-9H2,1-3H3. The third-order valence-corrected chi connectivity index (χ3v) is 4.61. The molecule has 2 atom stereocenters. The number of rotatable bonds is 7. The van der Waals surface area contributed by atoms with Crippen LogP contribution in [0.4, 0.5) is 0 Å². The number of nitrogens with one attached hydrogen (secondary N) is 1. The predicted molar refractivity (Wildman–Crippen MR) is 84.5 cm³/mol. The average molecular weight is 328 g/mol. The fraction of sp³-hybridized carbons (Fsp3) is 0.786. The van der Waals surface area contributed by atoms with E-state index in [0.717, 1.165) is 18.1 Å². The Hall–Kier alpha value is -1.12. The number of aromatic nitrogens is 2. The Balaban J connectivity index is 1.82. The van der Waals surface area contributed by atoms with Crippen molar-refractivity contribution in [2.45, 2.75) is 39.0 Å². The van der Waals surface area contributed by atoms with Crippen molar-refractivity contribution in [1.82, 2.24) is 20.4 Å². The average Bonchev–Trinajstić information content (AvgIpc) is 2.97. The molecule has 0 aromatic carbocycles. The zero-order valence-electron chi connectivity index (χ0n) is 13.4. The molecule has 0 bridgehead atoms. The van der Waals surface area contributed by atoms with Crippen LogP contribution in [0, 0.1) is 0 Å². The smallest absolute Gasteiger partial charge is 0.246 e. The molecule has 124 valence electrons. The lowest BCUT2D eigenvalue weighted by Gasteiger charge is -2.24. The monoisotopic (exact) mass is 328 g/mol. The summed E-state index contributed by atoms with van der Waals surface area (Å²) >= 11 is 1.88. The highest BCUT2D eigenvalue weighted by Crippen LogP contribution is 2.15. The van der Waals surface area contributed by atoms with Crippen molar-refractivity contribution in [2.24, 2.45) is 0 Å². The van der Waals surface area contributed by atoms with E-state index in [9.17, 15) is 4.79 Å². The van der Waals surface area contributed by atoms with Crippen molar-refractivity contribution >= 4 is 17.7 Å². The largest absolute Gasteiger partial charge is 0.371 e. The summed E-state index contributed by atoms with van der Waals surface area (Å²) in [5.74, 6) is 3.13. The second-order valence-electron chi connectivity index (χ2n) is 5.32. The van der Waals surface area contributed by atoms with Crippen LogP contribution in [0.2, 0.25) is 0 Å². The Morgan fingerprint density at radius 3 is 3.14 bits per heavy atom. The van der Waals surface area contributed by atoms with Gasteiger partial charge in [-0.1, -0.05) is 5.16 Å². The highest BCUT2D eigenvalue weighted by atomic mass is 32.2. The van der Waals surface area contributed by atoms with Crippen molar-refractivity contribution in [1.29, 1.82) is 0 Å². The van der Waals surface area contributed by atoms with Gasteiger partial charge in [-0.2, -0.15) is 16.7 Å². The van der Waals surface area contributed by atoms with Gasteiger partial charge in [-0.3, -0.25) is 4.79 Å². The van der Waals surface area contributed by atoms with Gasteiger partial charge in [0.05, 0.1) is 6.54 Å². The van der Waals surface area contributed by atoms with Crippen molar-refractivity contribution in [2.75, 3.05) is 31.7 Å². The first-order chi connectivity index (χ1) is 10.6. The molecule has 1 amide bonds. The molecule has 0 aliphatic carbocycles. The maximum atomic E-state index is 12.2. The molecule has 0 spiro atoms. The van der Waals surface area contributed by atoms with Gasteiger partial charge in [0, 0.05) is 44.2 Å². The molecule has 0 radical (unpaired) electrons. The van der Waals surface area contributed by atoms with Crippen molar-refractivity contribution in [3.8, 4) is 0 Å². The summed E-state index contributed by atoms with van der Waals surface area (Å²) in [6.45, 7) is 5.68. The number of hydrogen-bond donors (Lipinski definition) is 1. The number of amides is 1. The lowest BCUT2D eigenvalue weighted by atomic mass is 10.2. The molecular weight excluding hydrogens is 304 g/mol. The summed E-state index contributed by atoms with van der Waals surface area (Å²) in [5.41, 5.74) is 0. The third-order valence-electron chi connectivity index (χ3n) is 3.48. The summed E-state index contributed by atoms with van der Waals surface area (Å²) in [4.78, 5) is 18.1. The third kappa shape index (κ3) is 4.96. The Bertz CT molecular complexity index is 476. The van der Waals surface area contributed by atoms with Gasteiger partial charge >= 0.3 is 0 Å². The molecule has 2 heterocycles. The van der Waals surface area contributed by atoms with Crippen LogP contribution in [-0.2, 0) is 16.1 Å². The van der Waals surface area contributed by atoms with Gasteiger partial charge in [0.25, 0.3) is 0 Å². The minimum Gasteiger partial charge on any atom is -0.371 e. The predicted octanol–water partition coefficient (Wildman–Crippen LogP) is 1.22. The number of carbonyl (C=O) groups excluding carboxylic acids is 1. The molecule has 1 saturated heterocycles. The molecule has 2 unspecified atom stereocenters. The molecule has 1 aromatic heterocycles. The van der Waals surface area contributed by atoms with E-state index in [1.54, 1.807) is 11.9 Å². The Labute approximate surface area is 135 Å². The van der Waals surface area contributed by atoms with Crippen LogP contribution in [0.15, 0.2) is 4.52 Å². The van der Waals surface area contributed by atoms with Crippen LogP contribution in [0.3, 0.4) is 0 Å². The van der Waals surface area contributed by atoms with Gasteiger partial charge in [-0.05, 0) is 13.8 Å². The Morgan fingerprint density at radius 1 is 1.64 bits per heavy atom. The highest BCUT2D eigenvalue weighted by molar-refractivity contribution is 7.99. The summed E-state index contributed by atoms with van der Waals surface area (Å²) < 4.78 is 10.6. The van der Waals surface area contributed by atoms with Gasteiger partial charge < -0.3 is 19.5 Å². The van der Waals surface area contributed by atoms with E-state index >= 15 is 0 Å². The minimum absolute atomic E-state index is 0.0811. The number of ether oxygens (including phenoxy) is 1. The maximum absolute atomic E-state index is 12.2. The number of hydrogen-bond acceptors (Lipinski definition) is 7. The topological polar surface area (TPSA) is 80.5 Å². The van der Waals surface area contributed by atoms with E-state index in [0.29, 0.717) is 31.3 Å². The van der Waals surface area contributed by atoms with E-state index in [1.165, 1.54) is 0 Å². The van der Waals surface area contributed by atoms with Crippen LogP contribution in [0.5, 0.6) is 0 Å². The molecule has 1 N–H and O–H groups in total. The molecule has 2 rings (SSSR count). The fourth-order valence-electron chi connectivity index (χ4n) is 2.23. The number of carbonyl (C=O) groups is 1. The van der Waals surface area contributed by atoms with E-state index in [4.69, 9.17) is 9.26 Å². The van der Waals surface area contributed by atoms with Gasteiger partial charge in [0.2, 0.25) is 11.8 Å². The van der Waals surface area contributed by atoms with Crippen LogP contribution in [-0.4, -0.2) is 58.7 Å².